The average Bonchev–Trinajstić information content (AvgIpc) is 3.36. The minimum absolute atomic E-state index is 0.0172. The first-order valence-electron chi connectivity index (χ1n) is 15.0. The first-order chi connectivity index (χ1) is 21.6. The molecule has 0 radical (unpaired) electrons. The highest BCUT2D eigenvalue weighted by Crippen LogP contribution is 2.67. The second-order valence-corrected chi connectivity index (χ2v) is 12.0. The van der Waals surface area contributed by atoms with Gasteiger partial charge in [0.15, 0.2) is 23.7 Å². The molecule has 1 heterocycles. The van der Waals surface area contributed by atoms with Crippen molar-refractivity contribution in [2.24, 2.45) is 5.92 Å². The van der Waals surface area contributed by atoms with Crippen molar-refractivity contribution in [3.05, 3.63) is 71.0 Å². The van der Waals surface area contributed by atoms with Gasteiger partial charge in [0, 0.05) is 17.7 Å². The summed E-state index contributed by atoms with van der Waals surface area (Å²) in [7, 11) is 1.56. The molecule has 1 spiro atoms. The number of hydrogen-bond acceptors (Lipinski definition) is 10. The van der Waals surface area contributed by atoms with Gasteiger partial charge in [0.2, 0.25) is 12.0 Å². The fraction of sp³-hybridized carbons (Fsp3) is 0.455. The van der Waals surface area contributed by atoms with E-state index in [9.17, 15) is 29.4 Å². The van der Waals surface area contributed by atoms with Gasteiger partial charge in [-0.25, -0.2) is 9.59 Å². The third kappa shape index (κ3) is 5.11. The molecule has 1 saturated carbocycles. The van der Waals surface area contributed by atoms with Crippen LogP contribution in [-0.4, -0.2) is 70.6 Å². The maximum atomic E-state index is 13.8. The first-order valence-corrected chi connectivity index (χ1v) is 15.0. The lowest BCUT2D eigenvalue weighted by atomic mass is 9.47. The molecule has 45 heavy (non-hydrogen) atoms. The van der Waals surface area contributed by atoms with Crippen molar-refractivity contribution in [1.82, 2.24) is 5.32 Å². The fourth-order valence-corrected chi connectivity index (χ4v) is 7.56. The highest BCUT2D eigenvalue weighted by molar-refractivity contribution is 5.84. The molecule has 1 aliphatic heterocycles. The van der Waals surface area contributed by atoms with Crippen molar-refractivity contribution in [1.29, 1.82) is 0 Å². The van der Waals surface area contributed by atoms with Crippen LogP contribution in [0.15, 0.2) is 54.3 Å². The van der Waals surface area contributed by atoms with Crippen molar-refractivity contribution in [3.8, 4) is 11.5 Å². The molecule has 0 aromatic heterocycles. The van der Waals surface area contributed by atoms with E-state index in [1.165, 1.54) is 0 Å². The highest BCUT2D eigenvalue weighted by Gasteiger charge is 2.71. The number of hydrogen-bond donors (Lipinski definition) is 4. The zero-order valence-corrected chi connectivity index (χ0v) is 24.7. The Morgan fingerprint density at radius 1 is 1.13 bits per heavy atom. The second kappa shape index (κ2) is 11.8. The predicted octanol–water partition coefficient (Wildman–Crippen LogP) is 2.24. The number of methoxy groups -OCH3 is 1. The maximum absolute atomic E-state index is 13.8. The van der Waals surface area contributed by atoms with Gasteiger partial charge in [-0.15, -0.1) is 0 Å². The van der Waals surface area contributed by atoms with Gasteiger partial charge in [-0.1, -0.05) is 42.8 Å². The molecule has 2 aromatic rings. The Bertz CT molecular complexity index is 1560. The van der Waals surface area contributed by atoms with Gasteiger partial charge in [-0.2, -0.15) is 0 Å². The second-order valence-electron chi connectivity index (χ2n) is 12.0. The Balaban J connectivity index is 1.21. The molecule has 0 unspecified atom stereocenters. The average molecular weight is 622 g/mol. The molecule has 4 aliphatic rings. The molecule has 1 fully saturated rings. The topological polar surface area (TPSA) is 178 Å². The van der Waals surface area contributed by atoms with Gasteiger partial charge in [-0.05, 0) is 49.3 Å². The van der Waals surface area contributed by atoms with E-state index >= 15 is 0 Å². The number of nitrogens with one attached hydrogen (secondary N) is 1. The number of rotatable bonds is 11. The summed E-state index contributed by atoms with van der Waals surface area (Å²) in [6.45, 7) is -0.202. The third-order valence-electron chi connectivity index (χ3n) is 9.57. The monoisotopic (exact) mass is 621 g/mol. The van der Waals surface area contributed by atoms with E-state index in [0.29, 0.717) is 23.5 Å². The minimum Gasteiger partial charge on any atom is -0.493 e. The molecule has 2 aromatic carbocycles. The summed E-state index contributed by atoms with van der Waals surface area (Å²) in [6.07, 6.45) is -0.0204. The van der Waals surface area contributed by atoms with Crippen molar-refractivity contribution in [2.45, 2.75) is 74.3 Å². The van der Waals surface area contributed by atoms with Gasteiger partial charge in [-0.3, -0.25) is 9.59 Å². The Kier molecular flexibility index (Phi) is 8.04. The molecule has 1 amide bonds. The molecule has 3 aliphatic carbocycles. The molecule has 2 bridgehead atoms. The third-order valence-corrected chi connectivity index (χ3v) is 9.57. The fourth-order valence-electron chi connectivity index (χ4n) is 7.56. The minimum atomic E-state index is -1.86. The number of esters is 2. The molecule has 12 nitrogen and oxygen atoms in total. The first kappa shape index (κ1) is 30.6. The number of carbonyl (C=O) groups excluding carboxylic acids is 3. The van der Waals surface area contributed by atoms with Crippen LogP contribution in [0, 0.1) is 5.92 Å². The Morgan fingerprint density at radius 3 is 2.64 bits per heavy atom. The number of aliphatic hydroxyl groups excluding tert-OH is 1. The maximum Gasteiger partial charge on any atom is 0.357 e. The van der Waals surface area contributed by atoms with Crippen LogP contribution in [0.3, 0.4) is 0 Å². The van der Waals surface area contributed by atoms with Crippen LogP contribution in [0.4, 0.5) is 0 Å². The van der Waals surface area contributed by atoms with Gasteiger partial charge >= 0.3 is 17.9 Å². The number of carboxylic acid groups (broad SMARTS) is 1. The molecule has 6 atom stereocenters. The quantitative estimate of drug-likeness (QED) is 0.271. The lowest BCUT2D eigenvalue weighted by Crippen LogP contribution is -2.67. The van der Waals surface area contributed by atoms with Crippen LogP contribution in [-0.2, 0) is 40.5 Å². The van der Waals surface area contributed by atoms with Crippen LogP contribution in [0.2, 0.25) is 0 Å². The number of amides is 1. The van der Waals surface area contributed by atoms with Crippen molar-refractivity contribution in [3.63, 3.8) is 0 Å². The largest absolute Gasteiger partial charge is 0.493 e. The molecule has 6 rings (SSSR count). The van der Waals surface area contributed by atoms with Crippen LogP contribution in [0.5, 0.6) is 11.5 Å². The van der Waals surface area contributed by atoms with Crippen LogP contribution >= 0.6 is 0 Å². The van der Waals surface area contributed by atoms with Crippen molar-refractivity contribution < 1.29 is 53.4 Å². The van der Waals surface area contributed by atoms with Crippen LogP contribution in [0.25, 0.3) is 0 Å². The van der Waals surface area contributed by atoms with Gasteiger partial charge in [0.05, 0.1) is 31.0 Å². The number of benzene rings is 2. The van der Waals surface area contributed by atoms with Crippen LogP contribution in [0.1, 0.15) is 61.3 Å². The van der Waals surface area contributed by atoms with Crippen LogP contribution < -0.4 is 14.8 Å². The van der Waals surface area contributed by atoms with Gasteiger partial charge in [0.1, 0.15) is 5.76 Å². The number of carboxylic acids is 1. The molecule has 238 valence electrons. The van der Waals surface area contributed by atoms with E-state index in [4.69, 9.17) is 24.1 Å². The number of ether oxygens (including phenoxy) is 4. The lowest BCUT2D eigenvalue weighted by Gasteiger charge is -2.59. The normalized spacial score (nSPS) is 26.7. The molecule has 4 N–H and O–H groups in total. The van der Waals surface area contributed by atoms with Gasteiger partial charge in [0.25, 0.3) is 0 Å². The van der Waals surface area contributed by atoms with E-state index < -0.39 is 59.6 Å². The van der Waals surface area contributed by atoms with E-state index in [1.807, 2.05) is 12.1 Å². The Morgan fingerprint density at radius 2 is 1.91 bits per heavy atom. The van der Waals surface area contributed by atoms with Crippen molar-refractivity contribution >= 4 is 23.8 Å². The van der Waals surface area contributed by atoms with E-state index in [1.54, 1.807) is 43.5 Å². The number of aliphatic hydroxyl groups is 2. The summed E-state index contributed by atoms with van der Waals surface area (Å²) >= 11 is 0. The molecular formula is C33H35NO11. The summed E-state index contributed by atoms with van der Waals surface area (Å²) in [5, 5.41) is 32.7. The SMILES string of the molecule is COc1ccc2c3c1O[C@H]1C(OC(=O)[C@H](OC(=O)CCNC(=O)C[C@H](O)C(=O)O)c4ccccc4)=CC[C@@]4(O)[C@H](CCC[C@]314)C2. The molecule has 12 heteroatoms. The zero-order valence-electron chi connectivity index (χ0n) is 24.7. The van der Waals surface area contributed by atoms with Gasteiger partial charge < -0.3 is 39.6 Å². The highest BCUT2D eigenvalue weighted by atomic mass is 16.6. The van der Waals surface area contributed by atoms with E-state index in [0.717, 1.165) is 30.4 Å². The predicted molar refractivity (Wildman–Crippen MR) is 155 cm³/mol. The zero-order chi connectivity index (χ0) is 31.9. The standard InChI is InChI=1S/C33H35NO11/c1-42-22-10-9-19-16-20-8-5-13-32-26(19)28(22)45-29(32)23(11-14-33(20,32)41)43-31(40)27(18-6-3-2-4-7-18)44-25(37)12-15-34-24(36)17-21(35)30(38)39/h2-4,6-7,9-11,20-21,27,29,35,41H,5,8,12-17H2,1H3,(H,34,36)(H,38,39)/t20-,21+,27-,29+,32+,33-/m1/s1. The summed E-state index contributed by atoms with van der Waals surface area (Å²) < 4.78 is 23.7. The van der Waals surface area contributed by atoms with Crippen molar-refractivity contribution in [2.75, 3.05) is 13.7 Å². The summed E-state index contributed by atoms with van der Waals surface area (Å²) in [5.74, 6) is -2.63. The number of carbonyl (C=O) groups is 4. The summed E-state index contributed by atoms with van der Waals surface area (Å²) in [6, 6.07) is 12.2. The smallest absolute Gasteiger partial charge is 0.357 e. The summed E-state index contributed by atoms with van der Waals surface area (Å²) in [4.78, 5) is 49.2. The molecular weight excluding hydrogens is 586 g/mol. The van der Waals surface area contributed by atoms with E-state index in [-0.39, 0.29) is 31.1 Å². The Labute approximate surface area is 258 Å². The molecule has 0 saturated heterocycles. The van der Waals surface area contributed by atoms with E-state index in [2.05, 4.69) is 5.32 Å². The lowest BCUT2D eigenvalue weighted by molar-refractivity contribution is -0.172. The summed E-state index contributed by atoms with van der Waals surface area (Å²) in [5.41, 5.74) is 0.452. The number of aliphatic carboxylic acids is 1. The Hall–Kier alpha value is -4.42.